The largest absolute Gasteiger partial charge is 0.465 e. The molecule has 6 nitrogen and oxygen atoms in total. The van der Waals surface area contributed by atoms with E-state index in [0.29, 0.717) is 16.8 Å². The Morgan fingerprint density at radius 3 is 2.69 bits per heavy atom. The van der Waals surface area contributed by atoms with E-state index in [0.717, 1.165) is 30.4 Å². The number of ether oxygens (including phenoxy) is 1. The molecular formula is C19H22N2O4S. The van der Waals surface area contributed by atoms with Gasteiger partial charge >= 0.3 is 5.97 Å². The number of anilines is 1. The standard InChI is InChI=1S/C19H22N2O4S/c1-12-10-14(19(22)25-2)6-9-18(12)26(23,24)21-17-5-3-4-13-11-15(20)7-8-16(13)17/h6-11,17,21H,3-5,20H2,1-2H3. The van der Waals surface area contributed by atoms with Gasteiger partial charge in [0.2, 0.25) is 10.0 Å². The molecule has 0 heterocycles. The molecule has 1 aliphatic rings. The highest BCUT2D eigenvalue weighted by Crippen LogP contribution is 2.32. The van der Waals surface area contributed by atoms with Gasteiger partial charge in [-0.3, -0.25) is 0 Å². The number of benzene rings is 2. The van der Waals surface area contributed by atoms with Crippen LogP contribution in [0.3, 0.4) is 0 Å². The highest BCUT2D eigenvalue weighted by atomic mass is 32.2. The Hall–Kier alpha value is -2.38. The number of sulfonamides is 1. The van der Waals surface area contributed by atoms with E-state index < -0.39 is 16.0 Å². The molecule has 0 bridgehead atoms. The van der Waals surface area contributed by atoms with Gasteiger partial charge in [-0.1, -0.05) is 6.07 Å². The zero-order valence-corrected chi connectivity index (χ0v) is 15.6. The molecule has 1 aliphatic carbocycles. The maximum absolute atomic E-state index is 12.9. The molecule has 138 valence electrons. The molecule has 3 N–H and O–H groups in total. The van der Waals surface area contributed by atoms with Crippen molar-refractivity contribution in [1.82, 2.24) is 4.72 Å². The van der Waals surface area contributed by atoms with Gasteiger partial charge in [-0.25, -0.2) is 17.9 Å². The van der Waals surface area contributed by atoms with Crippen LogP contribution in [0.1, 0.15) is 45.9 Å². The zero-order valence-electron chi connectivity index (χ0n) is 14.8. The fraction of sp³-hybridized carbons (Fsp3) is 0.316. The summed E-state index contributed by atoms with van der Waals surface area (Å²) in [6, 6.07) is 9.73. The van der Waals surface area contributed by atoms with Crippen LogP contribution < -0.4 is 10.5 Å². The third-order valence-electron chi connectivity index (χ3n) is 4.66. The molecular weight excluding hydrogens is 352 g/mol. The number of hydrogen-bond acceptors (Lipinski definition) is 5. The van der Waals surface area contributed by atoms with Crippen LogP contribution >= 0.6 is 0 Å². The molecule has 0 amide bonds. The molecule has 2 aromatic carbocycles. The average Bonchev–Trinajstić information content (AvgIpc) is 2.60. The van der Waals surface area contributed by atoms with Crippen LogP contribution in [0.25, 0.3) is 0 Å². The van der Waals surface area contributed by atoms with E-state index in [4.69, 9.17) is 5.73 Å². The normalized spacial score (nSPS) is 16.8. The number of nitrogens with two attached hydrogens (primary N) is 1. The van der Waals surface area contributed by atoms with Crippen LogP contribution in [0.2, 0.25) is 0 Å². The molecule has 1 unspecified atom stereocenters. The molecule has 3 rings (SSSR count). The Morgan fingerprint density at radius 2 is 2.00 bits per heavy atom. The Kier molecular flexibility index (Phi) is 5.02. The minimum absolute atomic E-state index is 0.160. The number of hydrogen-bond donors (Lipinski definition) is 2. The topological polar surface area (TPSA) is 98.5 Å². The molecule has 1 atom stereocenters. The van der Waals surface area contributed by atoms with Crippen LogP contribution in [-0.2, 0) is 21.2 Å². The van der Waals surface area contributed by atoms with Gasteiger partial charge < -0.3 is 10.5 Å². The quantitative estimate of drug-likeness (QED) is 0.633. The third-order valence-corrected chi connectivity index (χ3v) is 6.30. The van der Waals surface area contributed by atoms with Crippen molar-refractivity contribution in [1.29, 1.82) is 0 Å². The second-order valence-corrected chi connectivity index (χ2v) is 8.18. The monoisotopic (exact) mass is 374 g/mol. The summed E-state index contributed by atoms with van der Waals surface area (Å²) in [6.45, 7) is 1.66. The van der Waals surface area contributed by atoms with Crippen molar-refractivity contribution in [2.45, 2.75) is 37.1 Å². The van der Waals surface area contributed by atoms with Crippen LogP contribution in [0.4, 0.5) is 5.69 Å². The van der Waals surface area contributed by atoms with E-state index in [1.165, 1.54) is 25.3 Å². The number of nitrogen functional groups attached to an aromatic ring is 1. The lowest BCUT2D eigenvalue weighted by Gasteiger charge is -2.26. The number of methoxy groups -OCH3 is 1. The van der Waals surface area contributed by atoms with Crippen LogP contribution in [0, 0.1) is 6.92 Å². The first-order valence-electron chi connectivity index (χ1n) is 8.41. The smallest absolute Gasteiger partial charge is 0.337 e. The lowest BCUT2D eigenvalue weighted by molar-refractivity contribution is 0.0600. The van der Waals surface area contributed by atoms with Crippen molar-refractivity contribution >= 4 is 21.7 Å². The number of rotatable bonds is 4. The van der Waals surface area contributed by atoms with Crippen molar-refractivity contribution in [2.75, 3.05) is 12.8 Å². The second-order valence-electron chi connectivity index (χ2n) is 6.50. The average molecular weight is 374 g/mol. The van der Waals surface area contributed by atoms with E-state index in [-0.39, 0.29) is 10.9 Å². The van der Waals surface area contributed by atoms with Crippen LogP contribution in [0.15, 0.2) is 41.3 Å². The first-order chi connectivity index (χ1) is 12.3. The lowest BCUT2D eigenvalue weighted by Crippen LogP contribution is -2.31. The van der Waals surface area contributed by atoms with Gasteiger partial charge in [0.25, 0.3) is 0 Å². The number of carbonyl (C=O) groups is 1. The van der Waals surface area contributed by atoms with Crippen LogP contribution in [-0.4, -0.2) is 21.5 Å². The summed E-state index contributed by atoms with van der Waals surface area (Å²) >= 11 is 0. The van der Waals surface area contributed by atoms with E-state index >= 15 is 0 Å². The number of nitrogens with one attached hydrogen (secondary N) is 1. The maximum Gasteiger partial charge on any atom is 0.337 e. The summed E-state index contributed by atoms with van der Waals surface area (Å²) < 4.78 is 33.3. The summed E-state index contributed by atoms with van der Waals surface area (Å²) in [5.74, 6) is -0.496. The van der Waals surface area contributed by atoms with E-state index in [1.807, 2.05) is 12.1 Å². The number of esters is 1. The first-order valence-corrected chi connectivity index (χ1v) is 9.90. The molecule has 0 aliphatic heterocycles. The summed E-state index contributed by atoms with van der Waals surface area (Å²) in [7, 11) is -2.44. The van der Waals surface area contributed by atoms with Crippen molar-refractivity contribution in [2.24, 2.45) is 0 Å². The summed E-state index contributed by atoms with van der Waals surface area (Å²) in [4.78, 5) is 11.8. The van der Waals surface area contributed by atoms with Crippen molar-refractivity contribution < 1.29 is 17.9 Å². The highest BCUT2D eigenvalue weighted by molar-refractivity contribution is 7.89. The van der Waals surface area contributed by atoms with Gasteiger partial charge in [0.15, 0.2) is 0 Å². The van der Waals surface area contributed by atoms with Crippen molar-refractivity contribution in [3.8, 4) is 0 Å². The maximum atomic E-state index is 12.9. The number of aryl methyl sites for hydroxylation is 2. The second kappa shape index (κ2) is 7.09. The zero-order chi connectivity index (χ0) is 18.9. The van der Waals surface area contributed by atoms with Gasteiger partial charge in [-0.05, 0) is 73.2 Å². The molecule has 7 heteroatoms. The predicted octanol–water partition coefficient (Wildman–Crippen LogP) is 2.72. The van der Waals surface area contributed by atoms with E-state index in [2.05, 4.69) is 9.46 Å². The predicted molar refractivity (Wildman–Crippen MR) is 99.4 cm³/mol. The van der Waals surface area contributed by atoms with Gasteiger partial charge in [0, 0.05) is 11.7 Å². The van der Waals surface area contributed by atoms with Crippen LogP contribution in [0.5, 0.6) is 0 Å². The van der Waals surface area contributed by atoms with E-state index in [1.54, 1.807) is 13.0 Å². The Morgan fingerprint density at radius 1 is 1.23 bits per heavy atom. The Balaban J connectivity index is 1.90. The Bertz CT molecular complexity index is 954. The molecule has 26 heavy (non-hydrogen) atoms. The molecule has 0 fully saturated rings. The van der Waals surface area contributed by atoms with E-state index in [9.17, 15) is 13.2 Å². The molecule has 0 saturated heterocycles. The number of fused-ring (bicyclic) bond motifs is 1. The molecule has 2 aromatic rings. The fourth-order valence-electron chi connectivity index (χ4n) is 3.40. The SMILES string of the molecule is COC(=O)c1ccc(S(=O)(=O)NC2CCCc3cc(N)ccc32)c(C)c1. The summed E-state index contributed by atoms with van der Waals surface area (Å²) in [5.41, 5.74) is 9.39. The van der Waals surface area contributed by atoms with Gasteiger partial charge in [-0.2, -0.15) is 0 Å². The van der Waals surface area contributed by atoms with Crippen molar-refractivity contribution in [3.63, 3.8) is 0 Å². The minimum Gasteiger partial charge on any atom is -0.465 e. The van der Waals surface area contributed by atoms with Gasteiger partial charge in [0.05, 0.1) is 17.6 Å². The summed E-state index contributed by atoms with van der Waals surface area (Å²) in [6.07, 6.45) is 2.52. The van der Waals surface area contributed by atoms with Gasteiger partial charge in [0.1, 0.15) is 0 Å². The lowest BCUT2D eigenvalue weighted by atomic mass is 9.88. The number of carbonyl (C=O) groups excluding carboxylic acids is 1. The Labute approximate surface area is 153 Å². The minimum atomic E-state index is -3.73. The van der Waals surface area contributed by atoms with Crippen molar-refractivity contribution in [3.05, 3.63) is 58.7 Å². The highest BCUT2D eigenvalue weighted by Gasteiger charge is 2.27. The third kappa shape index (κ3) is 3.59. The fourth-order valence-corrected chi connectivity index (χ4v) is 4.88. The summed E-state index contributed by atoms with van der Waals surface area (Å²) in [5, 5.41) is 0. The molecule has 0 spiro atoms. The first kappa shape index (κ1) is 18.4. The van der Waals surface area contributed by atoms with Gasteiger partial charge in [-0.15, -0.1) is 0 Å². The molecule has 0 aromatic heterocycles. The molecule has 0 saturated carbocycles. The molecule has 0 radical (unpaired) electrons.